The van der Waals surface area contributed by atoms with Crippen molar-refractivity contribution in [2.24, 2.45) is 11.7 Å². The highest BCUT2D eigenvalue weighted by Gasteiger charge is 2.11. The summed E-state index contributed by atoms with van der Waals surface area (Å²) >= 11 is 0. The number of aliphatic hydroxyl groups excluding tert-OH is 1. The second kappa shape index (κ2) is 5.29. The summed E-state index contributed by atoms with van der Waals surface area (Å²) in [5.41, 5.74) is 7.85. The van der Waals surface area contributed by atoms with Gasteiger partial charge in [-0.15, -0.1) is 0 Å². The van der Waals surface area contributed by atoms with Crippen molar-refractivity contribution < 1.29 is 5.11 Å². The third-order valence-corrected chi connectivity index (χ3v) is 2.46. The fraction of sp³-hybridized carbons (Fsp3) is 0.538. The molecule has 0 saturated heterocycles. The predicted octanol–water partition coefficient (Wildman–Crippen LogP) is 2.27. The highest BCUT2D eigenvalue weighted by Crippen LogP contribution is 2.17. The molecule has 0 radical (unpaired) electrons. The van der Waals surface area contributed by atoms with Crippen LogP contribution in [-0.2, 0) is 6.42 Å². The van der Waals surface area contributed by atoms with Crippen molar-refractivity contribution in [1.82, 2.24) is 0 Å². The minimum absolute atomic E-state index is 0.221. The maximum absolute atomic E-state index is 9.75. The molecule has 0 aliphatic rings. The molecule has 0 spiro atoms. The van der Waals surface area contributed by atoms with E-state index in [0.29, 0.717) is 5.92 Å². The van der Waals surface area contributed by atoms with E-state index in [0.717, 1.165) is 12.0 Å². The Balaban J connectivity index is 2.72. The quantitative estimate of drug-likeness (QED) is 0.795. The number of aliphatic hydroxyl groups is 1. The monoisotopic (exact) mass is 207 g/mol. The summed E-state index contributed by atoms with van der Waals surface area (Å²) in [4.78, 5) is 0. The zero-order valence-electron chi connectivity index (χ0n) is 9.77. The van der Waals surface area contributed by atoms with Gasteiger partial charge < -0.3 is 10.8 Å². The summed E-state index contributed by atoms with van der Waals surface area (Å²) in [6.45, 7) is 6.21. The van der Waals surface area contributed by atoms with Crippen LogP contribution in [0.1, 0.15) is 38.0 Å². The van der Waals surface area contributed by atoms with Crippen LogP contribution in [0.3, 0.4) is 0 Å². The fourth-order valence-corrected chi connectivity index (χ4v) is 1.63. The first-order valence-electron chi connectivity index (χ1n) is 5.53. The van der Waals surface area contributed by atoms with Crippen LogP contribution >= 0.6 is 0 Å². The molecule has 0 amide bonds. The van der Waals surface area contributed by atoms with Gasteiger partial charge in [-0.05, 0) is 30.4 Å². The molecule has 2 heteroatoms. The molecule has 0 heterocycles. The molecular formula is C13H21NO. The molecule has 3 N–H and O–H groups in total. The topological polar surface area (TPSA) is 46.2 Å². The highest BCUT2D eigenvalue weighted by atomic mass is 16.3. The van der Waals surface area contributed by atoms with Gasteiger partial charge in [0.2, 0.25) is 0 Å². The standard InChI is InChI=1S/C13H21NO/c1-9(2)8-11-4-6-12(7-5-11)13(15)10(3)14/h4-7,9-10,13,15H,8,14H2,1-3H3. The molecule has 15 heavy (non-hydrogen) atoms. The van der Waals surface area contributed by atoms with Crippen LogP contribution in [0.25, 0.3) is 0 Å². The first-order chi connectivity index (χ1) is 7.00. The molecule has 0 fully saturated rings. The molecule has 2 nitrogen and oxygen atoms in total. The van der Waals surface area contributed by atoms with Crippen molar-refractivity contribution in [1.29, 1.82) is 0 Å². The lowest BCUT2D eigenvalue weighted by Crippen LogP contribution is -2.24. The second-order valence-electron chi connectivity index (χ2n) is 4.64. The molecule has 0 saturated carbocycles. The van der Waals surface area contributed by atoms with Gasteiger partial charge in [0.05, 0.1) is 6.10 Å². The Morgan fingerprint density at radius 2 is 1.67 bits per heavy atom. The molecule has 0 aliphatic heterocycles. The minimum atomic E-state index is -0.557. The van der Waals surface area contributed by atoms with Crippen molar-refractivity contribution in [3.05, 3.63) is 35.4 Å². The van der Waals surface area contributed by atoms with E-state index >= 15 is 0 Å². The van der Waals surface area contributed by atoms with Gasteiger partial charge in [0.25, 0.3) is 0 Å². The Kier molecular flexibility index (Phi) is 4.30. The molecule has 0 bridgehead atoms. The van der Waals surface area contributed by atoms with E-state index in [2.05, 4.69) is 26.0 Å². The van der Waals surface area contributed by atoms with Crippen LogP contribution in [-0.4, -0.2) is 11.1 Å². The minimum Gasteiger partial charge on any atom is -0.387 e. The first-order valence-corrected chi connectivity index (χ1v) is 5.53. The van der Waals surface area contributed by atoms with Gasteiger partial charge in [0.15, 0.2) is 0 Å². The molecule has 0 aromatic heterocycles. The van der Waals surface area contributed by atoms with Crippen molar-refractivity contribution in [3.8, 4) is 0 Å². The maximum Gasteiger partial charge on any atom is 0.0938 e. The number of nitrogens with two attached hydrogens (primary N) is 1. The summed E-state index contributed by atoms with van der Waals surface area (Å²) in [5, 5.41) is 9.75. The summed E-state index contributed by atoms with van der Waals surface area (Å²) in [6, 6.07) is 7.85. The van der Waals surface area contributed by atoms with Crippen molar-refractivity contribution >= 4 is 0 Å². The van der Waals surface area contributed by atoms with Crippen molar-refractivity contribution in [2.45, 2.75) is 39.3 Å². The van der Waals surface area contributed by atoms with E-state index in [1.165, 1.54) is 5.56 Å². The van der Waals surface area contributed by atoms with Crippen LogP contribution in [0.5, 0.6) is 0 Å². The third kappa shape index (κ3) is 3.65. The summed E-state index contributed by atoms with van der Waals surface area (Å²) in [7, 11) is 0. The number of benzene rings is 1. The van der Waals surface area contributed by atoms with E-state index in [9.17, 15) is 5.11 Å². The molecule has 2 atom stereocenters. The second-order valence-corrected chi connectivity index (χ2v) is 4.64. The predicted molar refractivity (Wildman–Crippen MR) is 63.6 cm³/mol. The van der Waals surface area contributed by atoms with Gasteiger partial charge in [0, 0.05) is 6.04 Å². The molecule has 0 aliphatic carbocycles. The first kappa shape index (κ1) is 12.2. The van der Waals surface area contributed by atoms with Crippen LogP contribution in [0.15, 0.2) is 24.3 Å². The zero-order chi connectivity index (χ0) is 11.4. The third-order valence-electron chi connectivity index (χ3n) is 2.46. The largest absolute Gasteiger partial charge is 0.387 e. The molecule has 1 rings (SSSR count). The van der Waals surface area contributed by atoms with E-state index in [-0.39, 0.29) is 6.04 Å². The lowest BCUT2D eigenvalue weighted by molar-refractivity contribution is 0.153. The summed E-state index contributed by atoms with van der Waals surface area (Å²) in [5.74, 6) is 0.661. The molecule has 1 aromatic carbocycles. The smallest absolute Gasteiger partial charge is 0.0938 e. The zero-order valence-corrected chi connectivity index (χ0v) is 9.77. The van der Waals surface area contributed by atoms with Crippen LogP contribution in [0.2, 0.25) is 0 Å². The van der Waals surface area contributed by atoms with Crippen LogP contribution in [0, 0.1) is 5.92 Å². The fourth-order valence-electron chi connectivity index (χ4n) is 1.63. The average Bonchev–Trinajstić information content (AvgIpc) is 2.17. The lowest BCUT2D eigenvalue weighted by atomic mass is 9.98. The van der Waals surface area contributed by atoms with Crippen LogP contribution < -0.4 is 5.73 Å². The Morgan fingerprint density at radius 3 is 2.07 bits per heavy atom. The molecule has 84 valence electrons. The van der Waals surface area contributed by atoms with Crippen LogP contribution in [0.4, 0.5) is 0 Å². The Hall–Kier alpha value is -0.860. The molecular weight excluding hydrogens is 186 g/mol. The molecule has 2 unspecified atom stereocenters. The van der Waals surface area contributed by atoms with Gasteiger partial charge >= 0.3 is 0 Å². The van der Waals surface area contributed by atoms with E-state index in [4.69, 9.17) is 5.73 Å². The van der Waals surface area contributed by atoms with E-state index in [1.54, 1.807) is 0 Å². The van der Waals surface area contributed by atoms with Gasteiger partial charge in [-0.3, -0.25) is 0 Å². The molecule has 1 aromatic rings. The normalized spacial score (nSPS) is 15.3. The van der Waals surface area contributed by atoms with E-state index < -0.39 is 6.10 Å². The Morgan fingerprint density at radius 1 is 1.13 bits per heavy atom. The number of hydrogen-bond acceptors (Lipinski definition) is 2. The average molecular weight is 207 g/mol. The lowest BCUT2D eigenvalue weighted by Gasteiger charge is -2.15. The number of hydrogen-bond donors (Lipinski definition) is 2. The summed E-state index contributed by atoms with van der Waals surface area (Å²) in [6.07, 6.45) is 0.521. The Bertz CT molecular complexity index is 290. The number of rotatable bonds is 4. The summed E-state index contributed by atoms with van der Waals surface area (Å²) < 4.78 is 0. The van der Waals surface area contributed by atoms with Gasteiger partial charge in [-0.2, -0.15) is 0 Å². The Labute approximate surface area is 92.1 Å². The van der Waals surface area contributed by atoms with Crippen molar-refractivity contribution in [3.63, 3.8) is 0 Å². The van der Waals surface area contributed by atoms with Crippen molar-refractivity contribution in [2.75, 3.05) is 0 Å². The maximum atomic E-state index is 9.75. The van der Waals surface area contributed by atoms with Gasteiger partial charge in [-0.25, -0.2) is 0 Å². The SMILES string of the molecule is CC(C)Cc1ccc(C(O)C(C)N)cc1. The van der Waals surface area contributed by atoms with Gasteiger partial charge in [0.1, 0.15) is 0 Å². The van der Waals surface area contributed by atoms with E-state index in [1.807, 2.05) is 19.1 Å². The van der Waals surface area contributed by atoms with Gasteiger partial charge in [-0.1, -0.05) is 38.1 Å². The highest BCUT2D eigenvalue weighted by molar-refractivity contribution is 5.25.